The maximum absolute atomic E-state index is 12.8. The van der Waals surface area contributed by atoms with Gasteiger partial charge in [-0.3, -0.25) is 4.68 Å². The monoisotopic (exact) mass is 400 g/mol. The molecule has 1 aromatic heterocycles. The van der Waals surface area contributed by atoms with Crippen LogP contribution in [0.3, 0.4) is 0 Å². The van der Waals surface area contributed by atoms with Gasteiger partial charge in [-0.15, -0.1) is 0 Å². The van der Waals surface area contributed by atoms with Crippen molar-refractivity contribution in [3.05, 3.63) is 28.4 Å². The second kappa shape index (κ2) is 6.04. The van der Waals surface area contributed by atoms with Gasteiger partial charge in [0.2, 0.25) is 0 Å². The largest absolute Gasteiger partial charge is 0.391 e. The van der Waals surface area contributed by atoms with Crippen molar-refractivity contribution in [3.63, 3.8) is 0 Å². The van der Waals surface area contributed by atoms with Crippen LogP contribution in [-0.4, -0.2) is 16.0 Å². The molecule has 2 aliphatic carbocycles. The van der Waals surface area contributed by atoms with Gasteiger partial charge in [-0.1, -0.05) is 15.9 Å². The zero-order chi connectivity index (χ0) is 16.9. The van der Waals surface area contributed by atoms with Crippen LogP contribution in [0.4, 0.5) is 13.2 Å². The van der Waals surface area contributed by atoms with Gasteiger partial charge in [-0.2, -0.15) is 18.3 Å². The number of rotatable bonds is 3. The second-order valence-corrected chi connectivity index (χ2v) is 8.18. The summed E-state index contributed by atoms with van der Waals surface area (Å²) >= 11 is 3.49. The Kier molecular flexibility index (Phi) is 4.14. The Balaban J connectivity index is 1.54. The van der Waals surface area contributed by atoms with Crippen molar-refractivity contribution in [3.8, 4) is 0 Å². The predicted octanol–water partition coefficient (Wildman–Crippen LogP) is 6.04. The van der Waals surface area contributed by atoms with E-state index < -0.39 is 12.1 Å². The Bertz CT molecular complexity index is 741. The fourth-order valence-corrected chi connectivity index (χ4v) is 4.32. The number of aromatic nitrogens is 2. The quantitative estimate of drug-likeness (QED) is 0.613. The maximum atomic E-state index is 12.8. The first-order valence-corrected chi connectivity index (χ1v) is 9.44. The molecule has 1 aromatic carbocycles. The molecule has 0 N–H and O–H groups in total. The van der Waals surface area contributed by atoms with Crippen molar-refractivity contribution in [2.45, 2.75) is 57.2 Å². The van der Waals surface area contributed by atoms with Crippen molar-refractivity contribution in [1.82, 2.24) is 9.78 Å². The molecule has 6 heteroatoms. The maximum Gasteiger partial charge on any atom is 0.391 e. The van der Waals surface area contributed by atoms with Gasteiger partial charge in [-0.05, 0) is 62.6 Å². The van der Waals surface area contributed by atoms with Gasteiger partial charge in [0.25, 0.3) is 0 Å². The number of alkyl halides is 3. The van der Waals surface area contributed by atoms with Gasteiger partial charge >= 0.3 is 6.18 Å². The molecule has 1 heterocycles. The zero-order valence-electron chi connectivity index (χ0n) is 13.3. The predicted molar refractivity (Wildman–Crippen MR) is 90.9 cm³/mol. The molecule has 0 aliphatic heterocycles. The van der Waals surface area contributed by atoms with Crippen LogP contribution in [0.1, 0.15) is 50.1 Å². The van der Waals surface area contributed by atoms with Crippen LogP contribution in [0, 0.1) is 11.8 Å². The van der Waals surface area contributed by atoms with Gasteiger partial charge in [0.1, 0.15) is 0 Å². The standard InChI is InChI=1S/C18H20BrF3N2/c19-14-7-8-15-16(9-14)23-24(17(15)12-3-4-12)10-11-1-5-13(6-2-11)18(20,21)22/h7-9,11-13H,1-6,10H2. The third kappa shape index (κ3) is 3.22. The molecule has 2 nitrogen and oxygen atoms in total. The summed E-state index contributed by atoms with van der Waals surface area (Å²) in [4.78, 5) is 0. The van der Waals surface area contributed by atoms with Gasteiger partial charge < -0.3 is 0 Å². The Morgan fingerprint density at radius 2 is 1.79 bits per heavy atom. The summed E-state index contributed by atoms with van der Waals surface area (Å²) in [6, 6.07) is 6.17. The third-order valence-corrected chi connectivity index (χ3v) is 5.94. The topological polar surface area (TPSA) is 17.8 Å². The van der Waals surface area contributed by atoms with Gasteiger partial charge in [-0.25, -0.2) is 0 Å². The molecule has 2 aliphatic rings. The van der Waals surface area contributed by atoms with Gasteiger partial charge in [0.05, 0.1) is 11.4 Å². The highest BCUT2D eigenvalue weighted by Gasteiger charge is 2.41. The minimum absolute atomic E-state index is 0.263. The SMILES string of the molecule is FC(F)(F)C1CCC(Cn2nc3cc(Br)ccc3c2C2CC2)CC1. The molecule has 0 bridgehead atoms. The lowest BCUT2D eigenvalue weighted by molar-refractivity contribution is -0.184. The highest BCUT2D eigenvalue weighted by atomic mass is 79.9. The molecule has 130 valence electrons. The molecule has 2 saturated carbocycles. The van der Waals surface area contributed by atoms with E-state index in [0.717, 1.165) is 16.5 Å². The summed E-state index contributed by atoms with van der Waals surface area (Å²) in [5.41, 5.74) is 2.27. The Hall–Kier alpha value is -1.04. The van der Waals surface area contributed by atoms with E-state index in [4.69, 9.17) is 5.10 Å². The summed E-state index contributed by atoms with van der Waals surface area (Å²) in [6.45, 7) is 0.753. The Labute approximate surface area is 147 Å². The molecule has 2 fully saturated rings. The highest BCUT2D eigenvalue weighted by molar-refractivity contribution is 9.10. The molecular formula is C18H20BrF3N2. The number of hydrogen-bond donors (Lipinski definition) is 0. The third-order valence-electron chi connectivity index (χ3n) is 5.45. The molecule has 0 atom stereocenters. The van der Waals surface area contributed by atoms with E-state index in [9.17, 15) is 13.2 Å². The number of nitrogens with zero attached hydrogens (tertiary/aromatic N) is 2. The van der Waals surface area contributed by atoms with E-state index >= 15 is 0 Å². The Morgan fingerprint density at radius 1 is 1.08 bits per heavy atom. The molecule has 4 rings (SSSR count). The molecule has 2 aromatic rings. The average molecular weight is 401 g/mol. The lowest BCUT2D eigenvalue weighted by Crippen LogP contribution is -2.29. The van der Waals surface area contributed by atoms with Gasteiger partial charge in [0, 0.05) is 28.0 Å². The fourth-order valence-electron chi connectivity index (χ4n) is 3.97. The van der Waals surface area contributed by atoms with Crippen LogP contribution in [0.15, 0.2) is 22.7 Å². The minimum Gasteiger partial charge on any atom is -0.268 e. The van der Waals surface area contributed by atoms with Crippen molar-refractivity contribution >= 4 is 26.8 Å². The number of benzene rings is 1. The highest BCUT2D eigenvalue weighted by Crippen LogP contribution is 2.45. The van der Waals surface area contributed by atoms with Crippen LogP contribution in [0.2, 0.25) is 0 Å². The van der Waals surface area contributed by atoms with E-state index in [2.05, 4.69) is 26.7 Å². The van der Waals surface area contributed by atoms with E-state index in [1.807, 2.05) is 12.1 Å². The average Bonchev–Trinajstić information content (AvgIpc) is 3.29. The Morgan fingerprint density at radius 3 is 2.42 bits per heavy atom. The van der Waals surface area contributed by atoms with E-state index in [1.54, 1.807) is 0 Å². The fraction of sp³-hybridized carbons (Fsp3) is 0.611. The van der Waals surface area contributed by atoms with E-state index in [0.29, 0.717) is 24.7 Å². The summed E-state index contributed by atoms with van der Waals surface area (Å²) in [7, 11) is 0. The summed E-state index contributed by atoms with van der Waals surface area (Å²) in [5.74, 6) is -0.231. The zero-order valence-corrected chi connectivity index (χ0v) is 14.9. The molecule has 24 heavy (non-hydrogen) atoms. The molecular weight excluding hydrogens is 381 g/mol. The van der Waals surface area contributed by atoms with Crippen molar-refractivity contribution in [2.24, 2.45) is 11.8 Å². The number of fused-ring (bicyclic) bond motifs is 1. The molecule has 0 amide bonds. The van der Waals surface area contributed by atoms with Crippen LogP contribution >= 0.6 is 15.9 Å². The minimum atomic E-state index is -4.03. The van der Waals surface area contributed by atoms with Crippen LogP contribution in [0.25, 0.3) is 10.9 Å². The number of halogens is 4. The first kappa shape index (κ1) is 16.4. The van der Waals surface area contributed by atoms with E-state index in [1.165, 1.54) is 23.9 Å². The normalized spacial score (nSPS) is 25.3. The summed E-state index contributed by atoms with van der Waals surface area (Å²) in [6.07, 6.45) is 0.174. The van der Waals surface area contributed by atoms with Crippen LogP contribution in [0.5, 0.6) is 0 Å². The summed E-state index contributed by atoms with van der Waals surface area (Å²) < 4.78 is 41.6. The van der Waals surface area contributed by atoms with Crippen molar-refractivity contribution in [1.29, 1.82) is 0 Å². The van der Waals surface area contributed by atoms with Crippen molar-refractivity contribution in [2.75, 3.05) is 0 Å². The first-order valence-electron chi connectivity index (χ1n) is 8.64. The number of hydrogen-bond acceptors (Lipinski definition) is 1. The lowest BCUT2D eigenvalue weighted by Gasteiger charge is -2.30. The van der Waals surface area contributed by atoms with Crippen molar-refractivity contribution < 1.29 is 13.2 Å². The molecule has 0 saturated heterocycles. The smallest absolute Gasteiger partial charge is 0.268 e. The lowest BCUT2D eigenvalue weighted by atomic mass is 9.81. The second-order valence-electron chi connectivity index (χ2n) is 7.26. The van der Waals surface area contributed by atoms with Crippen LogP contribution < -0.4 is 0 Å². The van der Waals surface area contributed by atoms with E-state index in [-0.39, 0.29) is 12.8 Å². The first-order chi connectivity index (χ1) is 11.4. The van der Waals surface area contributed by atoms with Gasteiger partial charge in [0.15, 0.2) is 0 Å². The molecule has 0 unspecified atom stereocenters. The molecule has 0 spiro atoms. The summed E-state index contributed by atoms with van der Waals surface area (Å²) in [5, 5.41) is 5.96. The van der Waals surface area contributed by atoms with Crippen LogP contribution in [-0.2, 0) is 6.54 Å². The molecule has 0 radical (unpaired) electrons.